The third-order valence-electron chi connectivity index (χ3n) is 2.29. The van der Waals surface area contributed by atoms with E-state index in [1.807, 2.05) is 11.7 Å². The van der Waals surface area contributed by atoms with Crippen LogP contribution in [0.15, 0.2) is 0 Å². The van der Waals surface area contributed by atoms with Gasteiger partial charge >= 0.3 is 0 Å². The van der Waals surface area contributed by atoms with Crippen LogP contribution in [0.4, 0.5) is 0 Å². The number of nitrogens with two attached hydrogens (primary N) is 1. The molecule has 1 aromatic rings. The van der Waals surface area contributed by atoms with E-state index in [4.69, 9.17) is 10.5 Å². The molecule has 66 valence electrons. The summed E-state index contributed by atoms with van der Waals surface area (Å²) in [5.74, 6) is 0. The second kappa shape index (κ2) is 2.88. The van der Waals surface area contributed by atoms with Gasteiger partial charge in [0, 0.05) is 19.2 Å². The summed E-state index contributed by atoms with van der Waals surface area (Å²) in [5.41, 5.74) is 9.07. The molecule has 4 heteroatoms. The lowest BCUT2D eigenvalue weighted by atomic mass is 10.1. The van der Waals surface area contributed by atoms with Gasteiger partial charge in [-0.15, -0.1) is 0 Å². The average Bonchev–Trinajstić information content (AvgIpc) is 2.44. The number of nitrogens with zero attached hydrogens (tertiary/aromatic N) is 2. The molecule has 0 aromatic carbocycles. The van der Waals surface area contributed by atoms with Crippen LogP contribution in [-0.4, -0.2) is 16.4 Å². The normalized spacial score (nSPS) is 16.2. The maximum atomic E-state index is 5.57. The summed E-state index contributed by atoms with van der Waals surface area (Å²) in [7, 11) is 1.94. The lowest BCUT2D eigenvalue weighted by Crippen LogP contribution is -2.12. The quantitative estimate of drug-likeness (QED) is 0.638. The molecule has 12 heavy (non-hydrogen) atoms. The summed E-state index contributed by atoms with van der Waals surface area (Å²) >= 11 is 0. The number of hydrogen-bond acceptors (Lipinski definition) is 3. The van der Waals surface area contributed by atoms with Crippen LogP contribution in [0.3, 0.4) is 0 Å². The van der Waals surface area contributed by atoms with Crippen LogP contribution in [0.5, 0.6) is 0 Å². The van der Waals surface area contributed by atoms with Gasteiger partial charge in [-0.1, -0.05) is 0 Å². The Morgan fingerprint density at radius 1 is 1.67 bits per heavy atom. The Hall–Kier alpha value is -0.870. The van der Waals surface area contributed by atoms with Crippen LogP contribution in [0.25, 0.3) is 0 Å². The Bertz CT molecular complexity index is 293. The van der Waals surface area contributed by atoms with E-state index in [0.717, 1.165) is 18.7 Å². The molecule has 0 fully saturated rings. The first-order chi connectivity index (χ1) is 5.83. The fraction of sp³-hybridized carbons (Fsp3) is 0.625. The fourth-order valence-corrected chi connectivity index (χ4v) is 1.64. The van der Waals surface area contributed by atoms with Gasteiger partial charge in [0.1, 0.15) is 0 Å². The molecule has 2 rings (SSSR count). The van der Waals surface area contributed by atoms with Gasteiger partial charge in [-0.3, -0.25) is 4.68 Å². The van der Waals surface area contributed by atoms with Gasteiger partial charge < -0.3 is 10.5 Å². The van der Waals surface area contributed by atoms with Crippen LogP contribution < -0.4 is 5.73 Å². The highest BCUT2D eigenvalue weighted by atomic mass is 16.5. The van der Waals surface area contributed by atoms with E-state index in [1.165, 1.54) is 11.3 Å². The van der Waals surface area contributed by atoms with Crippen LogP contribution in [0.2, 0.25) is 0 Å². The van der Waals surface area contributed by atoms with Gasteiger partial charge in [0.2, 0.25) is 0 Å². The van der Waals surface area contributed by atoms with Gasteiger partial charge in [0.15, 0.2) is 0 Å². The van der Waals surface area contributed by atoms with E-state index >= 15 is 0 Å². The number of aryl methyl sites for hydroxylation is 1. The smallest absolute Gasteiger partial charge is 0.0887 e. The first-order valence-electron chi connectivity index (χ1n) is 4.14. The molecule has 1 aliphatic heterocycles. The van der Waals surface area contributed by atoms with Crippen LogP contribution >= 0.6 is 0 Å². The third kappa shape index (κ3) is 1.04. The zero-order valence-corrected chi connectivity index (χ0v) is 7.21. The molecule has 0 aliphatic carbocycles. The highest BCUT2D eigenvalue weighted by Gasteiger charge is 2.18. The minimum atomic E-state index is 0.531. The summed E-state index contributed by atoms with van der Waals surface area (Å²) in [5, 5.41) is 4.32. The first kappa shape index (κ1) is 7.76. The minimum Gasteiger partial charge on any atom is -0.375 e. The number of rotatable bonds is 1. The molecule has 2 heterocycles. The van der Waals surface area contributed by atoms with E-state index in [1.54, 1.807) is 0 Å². The number of hydrogen-bond donors (Lipinski definition) is 1. The van der Waals surface area contributed by atoms with Crippen molar-refractivity contribution in [3.63, 3.8) is 0 Å². The topological polar surface area (TPSA) is 53.1 Å². The second-order valence-corrected chi connectivity index (χ2v) is 3.00. The van der Waals surface area contributed by atoms with E-state index in [-0.39, 0.29) is 0 Å². The van der Waals surface area contributed by atoms with E-state index in [0.29, 0.717) is 13.2 Å². The summed E-state index contributed by atoms with van der Waals surface area (Å²) in [6, 6.07) is 0. The highest BCUT2D eigenvalue weighted by molar-refractivity contribution is 5.27. The van der Waals surface area contributed by atoms with Crippen molar-refractivity contribution in [3.05, 3.63) is 17.0 Å². The van der Waals surface area contributed by atoms with Crippen molar-refractivity contribution in [1.82, 2.24) is 9.78 Å². The van der Waals surface area contributed by atoms with Crippen molar-refractivity contribution in [2.75, 3.05) is 6.61 Å². The number of aromatic nitrogens is 2. The molecule has 0 spiro atoms. The van der Waals surface area contributed by atoms with E-state index < -0.39 is 0 Å². The van der Waals surface area contributed by atoms with Gasteiger partial charge in [0.25, 0.3) is 0 Å². The largest absolute Gasteiger partial charge is 0.375 e. The molecule has 0 saturated heterocycles. The summed E-state index contributed by atoms with van der Waals surface area (Å²) in [6.45, 7) is 2.01. The van der Waals surface area contributed by atoms with Gasteiger partial charge in [0.05, 0.1) is 24.6 Å². The van der Waals surface area contributed by atoms with Crippen molar-refractivity contribution in [2.45, 2.75) is 19.6 Å². The van der Waals surface area contributed by atoms with Crippen LogP contribution in [0, 0.1) is 0 Å². The van der Waals surface area contributed by atoms with Crippen LogP contribution in [-0.2, 0) is 31.4 Å². The molecule has 2 N–H and O–H groups in total. The van der Waals surface area contributed by atoms with Gasteiger partial charge in [-0.2, -0.15) is 5.10 Å². The van der Waals surface area contributed by atoms with Crippen molar-refractivity contribution in [1.29, 1.82) is 0 Å². The van der Waals surface area contributed by atoms with E-state index in [9.17, 15) is 0 Å². The molecule has 0 saturated carbocycles. The Labute approximate surface area is 71.3 Å². The van der Waals surface area contributed by atoms with Gasteiger partial charge in [-0.05, 0) is 6.42 Å². The second-order valence-electron chi connectivity index (χ2n) is 3.00. The molecular formula is C8H13N3O. The Kier molecular flexibility index (Phi) is 1.86. The van der Waals surface area contributed by atoms with E-state index in [2.05, 4.69) is 5.10 Å². The monoisotopic (exact) mass is 167 g/mol. The molecule has 1 aliphatic rings. The third-order valence-corrected chi connectivity index (χ3v) is 2.29. The zero-order valence-electron chi connectivity index (χ0n) is 7.21. The average molecular weight is 167 g/mol. The summed E-state index contributed by atoms with van der Waals surface area (Å²) < 4.78 is 7.20. The number of fused-ring (bicyclic) bond motifs is 1. The lowest BCUT2D eigenvalue weighted by Gasteiger charge is -2.13. The Morgan fingerprint density at radius 2 is 2.50 bits per heavy atom. The molecular weight excluding hydrogens is 154 g/mol. The molecule has 1 aromatic heterocycles. The van der Waals surface area contributed by atoms with Crippen molar-refractivity contribution in [3.8, 4) is 0 Å². The molecule has 0 bridgehead atoms. The van der Waals surface area contributed by atoms with Crippen LogP contribution in [0.1, 0.15) is 17.0 Å². The molecule has 4 nitrogen and oxygen atoms in total. The maximum absolute atomic E-state index is 5.57. The molecule has 0 unspecified atom stereocenters. The molecule has 0 radical (unpaired) electrons. The van der Waals surface area contributed by atoms with Crippen molar-refractivity contribution < 1.29 is 4.74 Å². The standard InChI is InChI=1S/C8H13N3O/c1-11-8-5-12-3-2-6(8)7(4-9)10-11/h2-5,9H2,1H3. The maximum Gasteiger partial charge on any atom is 0.0887 e. The predicted molar refractivity (Wildman–Crippen MR) is 44.5 cm³/mol. The van der Waals surface area contributed by atoms with Gasteiger partial charge in [-0.25, -0.2) is 0 Å². The zero-order chi connectivity index (χ0) is 8.55. The Morgan fingerprint density at radius 3 is 3.25 bits per heavy atom. The fourth-order valence-electron chi connectivity index (χ4n) is 1.64. The van der Waals surface area contributed by atoms with Crippen molar-refractivity contribution >= 4 is 0 Å². The van der Waals surface area contributed by atoms with Crippen molar-refractivity contribution in [2.24, 2.45) is 12.8 Å². The highest BCUT2D eigenvalue weighted by Crippen LogP contribution is 2.19. The lowest BCUT2D eigenvalue weighted by molar-refractivity contribution is 0.105. The SMILES string of the molecule is Cn1nc(CN)c2c1COCC2. The molecule has 0 atom stereocenters. The predicted octanol–water partition coefficient (Wildman–Crippen LogP) is -0.0485. The summed E-state index contributed by atoms with van der Waals surface area (Å²) in [6.07, 6.45) is 0.954. The minimum absolute atomic E-state index is 0.531. The number of ether oxygens (including phenoxy) is 1. The Balaban J connectivity index is 2.47. The summed E-state index contributed by atoms with van der Waals surface area (Å²) in [4.78, 5) is 0. The first-order valence-corrected chi connectivity index (χ1v) is 4.14. The molecule has 0 amide bonds.